The van der Waals surface area contributed by atoms with Gasteiger partial charge in [-0.3, -0.25) is 9.69 Å². The lowest BCUT2D eigenvalue weighted by atomic mass is 10.2. The van der Waals surface area contributed by atoms with E-state index in [-0.39, 0.29) is 25.4 Å². The number of rotatable bonds is 9. The van der Waals surface area contributed by atoms with E-state index in [1.165, 1.54) is 15.9 Å². The van der Waals surface area contributed by atoms with Crippen LogP contribution in [0.15, 0.2) is 49.1 Å². The summed E-state index contributed by atoms with van der Waals surface area (Å²) in [6.07, 6.45) is 7.15. The molecule has 1 aromatic carbocycles. The number of amides is 1. The molecule has 0 aromatic heterocycles. The number of piperazine rings is 1. The van der Waals surface area contributed by atoms with Crippen LogP contribution in [0.5, 0.6) is 0 Å². The number of carbonyl (C=O) groups is 1. The van der Waals surface area contributed by atoms with Crippen molar-refractivity contribution in [3.05, 3.63) is 54.6 Å². The Morgan fingerprint density at radius 2 is 1.85 bits per heavy atom. The first-order valence-electron chi connectivity index (χ1n) is 9.18. The summed E-state index contributed by atoms with van der Waals surface area (Å²) in [5, 5.41) is 0. The number of benzene rings is 1. The summed E-state index contributed by atoms with van der Waals surface area (Å²) in [5.74, 6) is 0.00666. The maximum absolute atomic E-state index is 12.4. The van der Waals surface area contributed by atoms with Gasteiger partial charge >= 0.3 is 0 Å². The van der Waals surface area contributed by atoms with Gasteiger partial charge in [0.25, 0.3) is 0 Å². The SMILES string of the molecule is C=CCN(CCC(=O)N1CCN(C/C=C/c2ccccc2)CC1)S(C)(=O)=O. The predicted octanol–water partition coefficient (Wildman–Crippen LogP) is 1.68. The first kappa shape index (κ1) is 21.3. The third-order valence-electron chi connectivity index (χ3n) is 4.58. The molecule has 2 rings (SSSR count). The summed E-state index contributed by atoms with van der Waals surface area (Å²) in [6.45, 7) is 7.87. The highest BCUT2D eigenvalue weighted by Gasteiger charge is 2.22. The predicted molar refractivity (Wildman–Crippen MR) is 110 cm³/mol. The molecule has 0 saturated carbocycles. The third-order valence-corrected chi connectivity index (χ3v) is 5.84. The zero-order valence-corrected chi connectivity index (χ0v) is 16.8. The van der Waals surface area contributed by atoms with E-state index in [0.717, 1.165) is 25.9 Å². The molecule has 1 aliphatic rings. The smallest absolute Gasteiger partial charge is 0.223 e. The molecule has 0 aliphatic carbocycles. The van der Waals surface area contributed by atoms with Crippen LogP contribution < -0.4 is 0 Å². The number of nitrogens with zero attached hydrogens (tertiary/aromatic N) is 3. The van der Waals surface area contributed by atoms with E-state index in [2.05, 4.69) is 35.8 Å². The first-order valence-corrected chi connectivity index (χ1v) is 11.0. The highest BCUT2D eigenvalue weighted by atomic mass is 32.2. The molecule has 1 aromatic rings. The summed E-state index contributed by atoms with van der Waals surface area (Å²) in [4.78, 5) is 16.5. The molecule has 0 bridgehead atoms. The van der Waals surface area contributed by atoms with Gasteiger partial charge in [0.05, 0.1) is 6.26 Å². The molecule has 0 radical (unpaired) electrons. The average molecular weight is 392 g/mol. The average Bonchev–Trinajstić information content (AvgIpc) is 2.65. The molecule has 0 atom stereocenters. The summed E-state index contributed by atoms with van der Waals surface area (Å²) < 4.78 is 24.7. The number of hydrogen-bond acceptors (Lipinski definition) is 4. The molecule has 1 aliphatic heterocycles. The Bertz CT molecular complexity index is 739. The summed E-state index contributed by atoms with van der Waals surface area (Å²) in [6, 6.07) is 10.2. The molecule has 6 nitrogen and oxygen atoms in total. The Kier molecular flexibility index (Phi) is 8.22. The molecule has 1 amide bonds. The van der Waals surface area contributed by atoms with Crippen LogP contribution in [0.4, 0.5) is 0 Å². The fourth-order valence-corrected chi connectivity index (χ4v) is 3.80. The minimum absolute atomic E-state index is 0.00666. The van der Waals surface area contributed by atoms with Gasteiger partial charge in [-0.05, 0) is 5.56 Å². The standard InChI is InChI=1S/C20H29N3O3S/c1-3-12-23(27(2,25)26)14-11-20(24)22-17-15-21(16-18-22)13-7-10-19-8-5-4-6-9-19/h3-10H,1,11-18H2,2H3/b10-7+. The van der Waals surface area contributed by atoms with Crippen molar-refractivity contribution in [1.29, 1.82) is 0 Å². The molecule has 7 heteroatoms. The minimum Gasteiger partial charge on any atom is -0.340 e. The highest BCUT2D eigenvalue weighted by Crippen LogP contribution is 2.07. The fraction of sp³-hybridized carbons (Fsp3) is 0.450. The van der Waals surface area contributed by atoms with Crippen LogP contribution in [0.3, 0.4) is 0 Å². The van der Waals surface area contributed by atoms with E-state index < -0.39 is 10.0 Å². The molecule has 1 fully saturated rings. The van der Waals surface area contributed by atoms with Crippen LogP contribution in [-0.2, 0) is 14.8 Å². The van der Waals surface area contributed by atoms with Crippen molar-refractivity contribution >= 4 is 22.0 Å². The van der Waals surface area contributed by atoms with Gasteiger partial charge in [0.2, 0.25) is 15.9 Å². The van der Waals surface area contributed by atoms with E-state index in [1.54, 1.807) is 0 Å². The highest BCUT2D eigenvalue weighted by molar-refractivity contribution is 7.88. The number of hydrogen-bond donors (Lipinski definition) is 0. The molecule has 0 unspecified atom stereocenters. The van der Waals surface area contributed by atoms with Gasteiger partial charge in [0.1, 0.15) is 0 Å². The number of carbonyl (C=O) groups excluding carboxylic acids is 1. The van der Waals surface area contributed by atoms with Crippen LogP contribution in [0.25, 0.3) is 6.08 Å². The Hall–Kier alpha value is -1.96. The monoisotopic (exact) mass is 391 g/mol. The Labute approximate surface area is 162 Å². The second-order valence-corrected chi connectivity index (χ2v) is 8.64. The second kappa shape index (κ2) is 10.4. The quantitative estimate of drug-likeness (QED) is 0.601. The van der Waals surface area contributed by atoms with Crippen molar-refractivity contribution in [1.82, 2.24) is 14.1 Å². The third kappa shape index (κ3) is 7.28. The first-order chi connectivity index (χ1) is 12.9. The molecule has 0 spiro atoms. The lowest BCUT2D eigenvalue weighted by Gasteiger charge is -2.34. The molecule has 1 saturated heterocycles. The van der Waals surface area contributed by atoms with Crippen molar-refractivity contribution in [3.63, 3.8) is 0 Å². The van der Waals surface area contributed by atoms with Gasteiger partial charge < -0.3 is 4.90 Å². The largest absolute Gasteiger partial charge is 0.340 e. The maximum atomic E-state index is 12.4. The van der Waals surface area contributed by atoms with E-state index in [0.29, 0.717) is 13.1 Å². The maximum Gasteiger partial charge on any atom is 0.223 e. The summed E-state index contributed by atoms with van der Waals surface area (Å²) in [5.41, 5.74) is 1.18. The molecular formula is C20H29N3O3S. The topological polar surface area (TPSA) is 60.9 Å². The van der Waals surface area contributed by atoms with E-state index in [4.69, 9.17) is 0 Å². The summed E-state index contributed by atoms with van der Waals surface area (Å²) in [7, 11) is -3.32. The van der Waals surface area contributed by atoms with Gasteiger partial charge in [-0.15, -0.1) is 6.58 Å². The molecule has 0 N–H and O–H groups in total. The van der Waals surface area contributed by atoms with Crippen molar-refractivity contribution in [2.45, 2.75) is 6.42 Å². The van der Waals surface area contributed by atoms with Crippen LogP contribution in [0, 0.1) is 0 Å². The van der Waals surface area contributed by atoms with Gasteiger partial charge in [0.15, 0.2) is 0 Å². The molecule has 27 heavy (non-hydrogen) atoms. The minimum atomic E-state index is -3.32. The molecule has 148 valence electrons. The van der Waals surface area contributed by atoms with Crippen molar-refractivity contribution in [2.24, 2.45) is 0 Å². The van der Waals surface area contributed by atoms with E-state index >= 15 is 0 Å². The van der Waals surface area contributed by atoms with Gasteiger partial charge in [0, 0.05) is 52.2 Å². The zero-order chi connectivity index (χ0) is 19.7. The molecule has 1 heterocycles. The van der Waals surface area contributed by atoms with Crippen LogP contribution in [0.1, 0.15) is 12.0 Å². The van der Waals surface area contributed by atoms with Gasteiger partial charge in [-0.1, -0.05) is 48.6 Å². The lowest BCUT2D eigenvalue weighted by molar-refractivity contribution is -0.132. The van der Waals surface area contributed by atoms with Gasteiger partial charge in [-0.25, -0.2) is 8.42 Å². The van der Waals surface area contributed by atoms with Crippen molar-refractivity contribution in [2.75, 3.05) is 52.1 Å². The van der Waals surface area contributed by atoms with Crippen LogP contribution in [0.2, 0.25) is 0 Å². The summed E-state index contributed by atoms with van der Waals surface area (Å²) >= 11 is 0. The van der Waals surface area contributed by atoms with Gasteiger partial charge in [-0.2, -0.15) is 4.31 Å². The second-order valence-electron chi connectivity index (χ2n) is 6.65. The van der Waals surface area contributed by atoms with Crippen molar-refractivity contribution < 1.29 is 13.2 Å². The van der Waals surface area contributed by atoms with Crippen molar-refractivity contribution in [3.8, 4) is 0 Å². The molecular weight excluding hydrogens is 362 g/mol. The Balaban J connectivity index is 1.73. The van der Waals surface area contributed by atoms with Crippen LogP contribution >= 0.6 is 0 Å². The fourth-order valence-electron chi connectivity index (χ4n) is 3.00. The Morgan fingerprint density at radius 1 is 1.19 bits per heavy atom. The van der Waals surface area contributed by atoms with E-state index in [9.17, 15) is 13.2 Å². The zero-order valence-electron chi connectivity index (χ0n) is 16.0. The normalized spacial score (nSPS) is 16.1. The Morgan fingerprint density at radius 3 is 2.44 bits per heavy atom. The lowest BCUT2D eigenvalue weighted by Crippen LogP contribution is -2.49. The van der Waals surface area contributed by atoms with Crippen LogP contribution in [-0.4, -0.2) is 80.5 Å². The van der Waals surface area contributed by atoms with E-state index in [1.807, 2.05) is 23.1 Å². The number of sulfonamides is 1.